The molecule has 1 amide bonds. The SMILES string of the molecule is CCCCCC(C)(CNC(C)=O)Nc1nc(Cl)nc2cc(Cl)cnc12. The average molecular weight is 384 g/mol. The molecule has 0 aliphatic rings. The molecule has 0 aliphatic heterocycles. The molecule has 1 unspecified atom stereocenters. The molecule has 0 aliphatic carbocycles. The number of anilines is 1. The zero-order chi connectivity index (χ0) is 18.4. The summed E-state index contributed by atoms with van der Waals surface area (Å²) < 4.78 is 0. The number of amides is 1. The van der Waals surface area contributed by atoms with Crippen molar-refractivity contribution < 1.29 is 4.79 Å². The summed E-state index contributed by atoms with van der Waals surface area (Å²) in [7, 11) is 0. The number of halogens is 2. The maximum atomic E-state index is 11.4. The molecule has 0 radical (unpaired) electrons. The number of carbonyl (C=O) groups is 1. The number of carbonyl (C=O) groups excluding carboxylic acids is 1. The first kappa shape index (κ1) is 19.7. The van der Waals surface area contributed by atoms with Crippen LogP contribution in [0.5, 0.6) is 0 Å². The average Bonchev–Trinajstić information content (AvgIpc) is 2.52. The highest BCUT2D eigenvalue weighted by Gasteiger charge is 2.26. The molecular formula is C17H23Cl2N5O. The highest BCUT2D eigenvalue weighted by Crippen LogP contribution is 2.27. The predicted octanol–water partition coefficient (Wildman–Crippen LogP) is 4.22. The van der Waals surface area contributed by atoms with Crippen LogP contribution < -0.4 is 10.6 Å². The molecule has 136 valence electrons. The first-order valence-corrected chi connectivity index (χ1v) is 9.10. The van der Waals surface area contributed by atoms with Gasteiger partial charge in [0, 0.05) is 19.7 Å². The van der Waals surface area contributed by atoms with E-state index in [1.165, 1.54) is 6.92 Å². The Labute approximate surface area is 157 Å². The summed E-state index contributed by atoms with van der Waals surface area (Å²) in [5, 5.41) is 6.91. The lowest BCUT2D eigenvalue weighted by Gasteiger charge is -2.32. The van der Waals surface area contributed by atoms with Gasteiger partial charge in [0.25, 0.3) is 0 Å². The minimum atomic E-state index is -0.382. The summed E-state index contributed by atoms with van der Waals surface area (Å²) in [4.78, 5) is 24.2. The van der Waals surface area contributed by atoms with Crippen molar-refractivity contribution in [2.75, 3.05) is 11.9 Å². The van der Waals surface area contributed by atoms with Crippen LogP contribution in [0.15, 0.2) is 12.3 Å². The van der Waals surface area contributed by atoms with E-state index in [0.29, 0.717) is 28.4 Å². The molecule has 0 saturated carbocycles. The van der Waals surface area contributed by atoms with E-state index in [9.17, 15) is 4.79 Å². The molecule has 2 rings (SSSR count). The van der Waals surface area contributed by atoms with E-state index in [0.717, 1.165) is 25.7 Å². The normalized spacial score (nSPS) is 13.5. The summed E-state index contributed by atoms with van der Waals surface area (Å²) >= 11 is 12.0. The lowest BCUT2D eigenvalue weighted by molar-refractivity contribution is -0.119. The Morgan fingerprint density at radius 2 is 2.04 bits per heavy atom. The second kappa shape index (κ2) is 8.63. The monoisotopic (exact) mass is 383 g/mol. The van der Waals surface area contributed by atoms with Crippen molar-refractivity contribution in [1.29, 1.82) is 0 Å². The summed E-state index contributed by atoms with van der Waals surface area (Å²) in [6, 6.07) is 1.70. The van der Waals surface area contributed by atoms with Crippen molar-refractivity contribution in [3.63, 3.8) is 0 Å². The lowest BCUT2D eigenvalue weighted by Crippen LogP contribution is -2.46. The molecule has 0 bridgehead atoms. The van der Waals surface area contributed by atoms with Gasteiger partial charge in [-0.05, 0) is 31.0 Å². The first-order valence-electron chi connectivity index (χ1n) is 8.34. The maximum Gasteiger partial charge on any atom is 0.225 e. The minimum Gasteiger partial charge on any atom is -0.361 e. The summed E-state index contributed by atoms with van der Waals surface area (Å²) in [5.74, 6) is 0.468. The van der Waals surface area contributed by atoms with Gasteiger partial charge in [0.2, 0.25) is 11.2 Å². The molecule has 6 nitrogen and oxygen atoms in total. The van der Waals surface area contributed by atoms with Gasteiger partial charge in [0.15, 0.2) is 5.82 Å². The zero-order valence-electron chi connectivity index (χ0n) is 14.7. The number of fused-ring (bicyclic) bond motifs is 1. The lowest BCUT2D eigenvalue weighted by atomic mass is 9.94. The second-order valence-corrected chi connectivity index (χ2v) is 7.19. The van der Waals surface area contributed by atoms with E-state index in [-0.39, 0.29) is 16.7 Å². The molecule has 2 aromatic rings. The number of nitrogens with one attached hydrogen (secondary N) is 2. The van der Waals surface area contributed by atoms with E-state index in [1.807, 2.05) is 0 Å². The van der Waals surface area contributed by atoms with E-state index < -0.39 is 0 Å². The van der Waals surface area contributed by atoms with E-state index in [1.54, 1.807) is 12.3 Å². The van der Waals surface area contributed by atoms with Crippen molar-refractivity contribution in [2.45, 2.75) is 52.0 Å². The second-order valence-electron chi connectivity index (χ2n) is 6.42. The topological polar surface area (TPSA) is 79.8 Å². The number of hydrogen-bond acceptors (Lipinski definition) is 5. The molecule has 0 saturated heterocycles. The summed E-state index contributed by atoms with van der Waals surface area (Å²) in [6.07, 6.45) is 5.71. The Morgan fingerprint density at radius 1 is 1.28 bits per heavy atom. The fraction of sp³-hybridized carbons (Fsp3) is 0.529. The van der Waals surface area contributed by atoms with Gasteiger partial charge >= 0.3 is 0 Å². The van der Waals surface area contributed by atoms with Crippen molar-refractivity contribution in [3.05, 3.63) is 22.6 Å². The third-order valence-corrected chi connectivity index (χ3v) is 4.33. The van der Waals surface area contributed by atoms with Crippen LogP contribution in [0.2, 0.25) is 10.3 Å². The highest BCUT2D eigenvalue weighted by atomic mass is 35.5. The van der Waals surface area contributed by atoms with Crippen LogP contribution in [0.25, 0.3) is 11.0 Å². The molecule has 2 heterocycles. The van der Waals surface area contributed by atoms with Crippen LogP contribution in [-0.4, -0.2) is 32.9 Å². The number of hydrogen-bond donors (Lipinski definition) is 2. The Balaban J connectivity index is 2.33. The molecular weight excluding hydrogens is 361 g/mol. The first-order chi connectivity index (χ1) is 11.8. The van der Waals surface area contributed by atoms with Gasteiger partial charge in [0.05, 0.1) is 16.1 Å². The molecule has 0 aromatic carbocycles. The molecule has 1 atom stereocenters. The van der Waals surface area contributed by atoms with Crippen LogP contribution in [0.3, 0.4) is 0 Å². The van der Waals surface area contributed by atoms with Crippen LogP contribution in [0, 0.1) is 0 Å². The standard InChI is InChI=1S/C17H23Cl2N5O/c1-4-5-6-7-17(3,10-21-11(2)25)24-15-14-13(22-16(19)23-15)8-12(18)9-20-14/h8-9H,4-7,10H2,1-3H3,(H,21,25)(H,22,23,24). The van der Waals surface area contributed by atoms with Gasteiger partial charge in [-0.15, -0.1) is 0 Å². The smallest absolute Gasteiger partial charge is 0.225 e. The van der Waals surface area contributed by atoms with Crippen LogP contribution in [0.1, 0.15) is 46.5 Å². The van der Waals surface area contributed by atoms with E-state index in [4.69, 9.17) is 23.2 Å². The Bertz CT molecular complexity index is 750. The number of rotatable bonds is 8. The number of aromatic nitrogens is 3. The van der Waals surface area contributed by atoms with E-state index >= 15 is 0 Å². The summed E-state index contributed by atoms with van der Waals surface area (Å²) in [5.41, 5.74) is 0.788. The van der Waals surface area contributed by atoms with Gasteiger partial charge in [-0.1, -0.05) is 37.8 Å². The van der Waals surface area contributed by atoms with Crippen molar-refractivity contribution in [3.8, 4) is 0 Å². The largest absolute Gasteiger partial charge is 0.361 e. The third kappa shape index (κ3) is 5.68. The van der Waals surface area contributed by atoms with Gasteiger partial charge in [-0.25, -0.2) is 9.97 Å². The molecule has 0 spiro atoms. The zero-order valence-corrected chi connectivity index (χ0v) is 16.2. The quantitative estimate of drug-likeness (QED) is 0.526. The fourth-order valence-electron chi connectivity index (χ4n) is 2.62. The Morgan fingerprint density at radius 3 is 2.72 bits per heavy atom. The van der Waals surface area contributed by atoms with Gasteiger partial charge in [-0.2, -0.15) is 4.98 Å². The van der Waals surface area contributed by atoms with Crippen molar-refractivity contribution >= 4 is 46.0 Å². The van der Waals surface area contributed by atoms with E-state index in [2.05, 4.69) is 39.4 Å². The minimum absolute atomic E-state index is 0.0704. The number of unbranched alkanes of at least 4 members (excludes halogenated alkanes) is 2. The van der Waals surface area contributed by atoms with Crippen molar-refractivity contribution in [1.82, 2.24) is 20.3 Å². The summed E-state index contributed by atoms with van der Waals surface area (Å²) in [6.45, 7) is 6.19. The molecule has 2 aromatic heterocycles. The molecule has 25 heavy (non-hydrogen) atoms. The number of nitrogens with zero attached hydrogens (tertiary/aromatic N) is 3. The predicted molar refractivity (Wildman–Crippen MR) is 102 cm³/mol. The maximum absolute atomic E-state index is 11.4. The van der Waals surface area contributed by atoms with Crippen LogP contribution in [-0.2, 0) is 4.79 Å². The van der Waals surface area contributed by atoms with Crippen molar-refractivity contribution in [2.24, 2.45) is 0 Å². The Kier molecular flexibility index (Phi) is 6.79. The van der Waals surface area contributed by atoms with Gasteiger partial charge < -0.3 is 10.6 Å². The van der Waals surface area contributed by atoms with Crippen LogP contribution in [0.4, 0.5) is 5.82 Å². The third-order valence-electron chi connectivity index (χ3n) is 3.96. The van der Waals surface area contributed by atoms with Gasteiger partial charge in [0.1, 0.15) is 5.52 Å². The fourth-order valence-corrected chi connectivity index (χ4v) is 2.95. The van der Waals surface area contributed by atoms with Crippen LogP contribution >= 0.6 is 23.2 Å². The van der Waals surface area contributed by atoms with Gasteiger partial charge in [-0.3, -0.25) is 4.79 Å². The number of pyridine rings is 1. The Hall–Kier alpha value is -1.66. The molecule has 8 heteroatoms. The molecule has 0 fully saturated rings. The molecule has 2 N–H and O–H groups in total. The highest BCUT2D eigenvalue weighted by molar-refractivity contribution is 6.31.